The summed E-state index contributed by atoms with van der Waals surface area (Å²) in [6.45, 7) is 0. The summed E-state index contributed by atoms with van der Waals surface area (Å²) in [6, 6.07) is 11.4. The molecule has 3 aromatic heterocycles. The van der Waals surface area contributed by atoms with Crippen molar-refractivity contribution in [2.24, 2.45) is 0 Å². The van der Waals surface area contributed by atoms with Gasteiger partial charge in [-0.25, -0.2) is 4.98 Å². The first kappa shape index (κ1) is 15.4. The molecule has 0 radical (unpaired) electrons. The Balaban J connectivity index is 1.53. The maximum atomic E-state index is 12.1. The quantitative estimate of drug-likeness (QED) is 0.434. The molecule has 0 aliphatic rings. The number of fused-ring (bicyclic) bond motifs is 3. The van der Waals surface area contributed by atoms with Crippen molar-refractivity contribution in [3.05, 3.63) is 47.7 Å². The predicted octanol–water partition coefficient (Wildman–Crippen LogP) is 3.72. The number of para-hydroxylation sites is 1. The van der Waals surface area contributed by atoms with E-state index in [4.69, 9.17) is 11.6 Å². The third kappa shape index (κ3) is 2.83. The van der Waals surface area contributed by atoms with Crippen LogP contribution in [0.3, 0.4) is 0 Å². The Morgan fingerprint density at radius 2 is 2.12 bits per heavy atom. The SMILES string of the molecule is O=C(CSc1nnc2sc3ccccc3n12)Nc1cccnc1Cl. The minimum absolute atomic E-state index is 0.175. The van der Waals surface area contributed by atoms with Gasteiger partial charge in [-0.15, -0.1) is 10.2 Å². The van der Waals surface area contributed by atoms with Crippen LogP contribution in [-0.4, -0.2) is 31.2 Å². The lowest BCUT2D eigenvalue weighted by molar-refractivity contribution is -0.113. The third-order valence-electron chi connectivity index (χ3n) is 3.28. The zero-order valence-electron chi connectivity index (χ0n) is 12.1. The number of nitrogens with one attached hydrogen (secondary N) is 1. The second-order valence-corrected chi connectivity index (χ2v) is 7.16. The molecule has 3 heterocycles. The van der Waals surface area contributed by atoms with Gasteiger partial charge in [-0.2, -0.15) is 0 Å². The van der Waals surface area contributed by atoms with Crippen molar-refractivity contribution in [3.63, 3.8) is 0 Å². The van der Waals surface area contributed by atoms with Gasteiger partial charge >= 0.3 is 0 Å². The molecule has 4 rings (SSSR count). The fraction of sp³-hybridized carbons (Fsp3) is 0.0667. The molecule has 0 fully saturated rings. The highest BCUT2D eigenvalue weighted by molar-refractivity contribution is 7.99. The van der Waals surface area contributed by atoms with Gasteiger partial charge in [0.25, 0.3) is 0 Å². The number of carbonyl (C=O) groups excluding carboxylic acids is 1. The molecule has 24 heavy (non-hydrogen) atoms. The Kier molecular flexibility index (Phi) is 4.09. The number of nitrogens with zero attached hydrogens (tertiary/aromatic N) is 4. The summed E-state index contributed by atoms with van der Waals surface area (Å²) in [5.41, 5.74) is 1.54. The molecule has 0 bridgehead atoms. The Morgan fingerprint density at radius 3 is 3.00 bits per heavy atom. The van der Waals surface area contributed by atoms with Crippen molar-refractivity contribution in [2.75, 3.05) is 11.1 Å². The number of halogens is 1. The molecular formula is C15H10ClN5OS2. The molecule has 9 heteroatoms. The van der Waals surface area contributed by atoms with Crippen LogP contribution in [0.15, 0.2) is 47.8 Å². The molecule has 0 atom stereocenters. The molecule has 4 aromatic rings. The topological polar surface area (TPSA) is 72.2 Å². The van der Waals surface area contributed by atoms with Crippen molar-refractivity contribution < 1.29 is 4.79 Å². The maximum Gasteiger partial charge on any atom is 0.234 e. The second-order valence-electron chi connectivity index (χ2n) is 4.85. The minimum Gasteiger partial charge on any atom is -0.323 e. The molecule has 6 nitrogen and oxygen atoms in total. The van der Waals surface area contributed by atoms with E-state index in [9.17, 15) is 4.79 Å². The Morgan fingerprint density at radius 1 is 1.25 bits per heavy atom. The first-order valence-corrected chi connectivity index (χ1v) is 9.16. The van der Waals surface area contributed by atoms with Crippen molar-refractivity contribution >= 4 is 61.5 Å². The van der Waals surface area contributed by atoms with Gasteiger partial charge in [0, 0.05) is 6.20 Å². The van der Waals surface area contributed by atoms with Crippen LogP contribution < -0.4 is 5.32 Å². The maximum absolute atomic E-state index is 12.1. The van der Waals surface area contributed by atoms with Gasteiger partial charge in [0.1, 0.15) is 0 Å². The molecule has 120 valence electrons. The fourth-order valence-corrected chi connectivity index (χ4v) is 4.18. The molecule has 0 unspecified atom stereocenters. The fourth-order valence-electron chi connectivity index (χ4n) is 2.24. The van der Waals surface area contributed by atoms with E-state index in [1.165, 1.54) is 11.8 Å². The summed E-state index contributed by atoms with van der Waals surface area (Å²) in [6.07, 6.45) is 1.57. The largest absolute Gasteiger partial charge is 0.323 e. The van der Waals surface area contributed by atoms with E-state index < -0.39 is 0 Å². The number of carbonyl (C=O) groups is 1. The zero-order valence-corrected chi connectivity index (χ0v) is 14.5. The van der Waals surface area contributed by atoms with Crippen LogP contribution in [0.2, 0.25) is 5.15 Å². The van der Waals surface area contributed by atoms with Crippen molar-refractivity contribution in [3.8, 4) is 0 Å². The zero-order chi connectivity index (χ0) is 16.5. The number of rotatable bonds is 4. The van der Waals surface area contributed by atoms with Gasteiger partial charge in [0.15, 0.2) is 10.3 Å². The summed E-state index contributed by atoms with van der Waals surface area (Å²) in [4.78, 5) is 16.9. The van der Waals surface area contributed by atoms with E-state index in [0.29, 0.717) is 10.8 Å². The first-order chi connectivity index (χ1) is 11.7. The van der Waals surface area contributed by atoms with Gasteiger partial charge < -0.3 is 5.32 Å². The average Bonchev–Trinajstić information content (AvgIpc) is 3.14. The highest BCUT2D eigenvalue weighted by Crippen LogP contribution is 2.29. The Labute approximate surface area is 149 Å². The lowest BCUT2D eigenvalue weighted by Gasteiger charge is -2.05. The molecule has 0 saturated carbocycles. The molecule has 1 aromatic carbocycles. The van der Waals surface area contributed by atoms with E-state index in [1.54, 1.807) is 29.7 Å². The van der Waals surface area contributed by atoms with Gasteiger partial charge in [-0.1, -0.05) is 46.8 Å². The van der Waals surface area contributed by atoms with Crippen LogP contribution in [0, 0.1) is 0 Å². The van der Waals surface area contributed by atoms with Crippen LogP contribution >= 0.6 is 34.7 Å². The van der Waals surface area contributed by atoms with E-state index in [-0.39, 0.29) is 16.8 Å². The van der Waals surface area contributed by atoms with E-state index >= 15 is 0 Å². The van der Waals surface area contributed by atoms with Crippen molar-refractivity contribution in [2.45, 2.75) is 5.16 Å². The first-order valence-electron chi connectivity index (χ1n) is 6.98. The molecule has 1 N–H and O–H groups in total. The third-order valence-corrected chi connectivity index (χ3v) is 5.52. The van der Waals surface area contributed by atoms with E-state index in [2.05, 4.69) is 20.5 Å². The smallest absolute Gasteiger partial charge is 0.234 e. The lowest BCUT2D eigenvalue weighted by Crippen LogP contribution is -2.14. The highest BCUT2D eigenvalue weighted by Gasteiger charge is 2.14. The second kappa shape index (κ2) is 6.39. The van der Waals surface area contributed by atoms with E-state index in [0.717, 1.165) is 15.2 Å². The number of thiazole rings is 1. The van der Waals surface area contributed by atoms with Crippen LogP contribution in [0.4, 0.5) is 5.69 Å². The normalized spacial score (nSPS) is 11.2. The van der Waals surface area contributed by atoms with Crippen LogP contribution in [0.5, 0.6) is 0 Å². The van der Waals surface area contributed by atoms with Crippen molar-refractivity contribution in [1.29, 1.82) is 0 Å². The summed E-state index contributed by atoms with van der Waals surface area (Å²) in [7, 11) is 0. The standard InChI is InChI=1S/C15H10ClN5OS2/c16-13-9(4-3-7-17-13)18-12(22)8-23-14-19-20-15-21(14)10-5-1-2-6-11(10)24-15/h1-7H,8H2,(H,18,22). The van der Waals surface area contributed by atoms with Gasteiger partial charge in [-0.05, 0) is 24.3 Å². The molecule has 0 saturated heterocycles. The van der Waals surface area contributed by atoms with Gasteiger partial charge in [0.2, 0.25) is 10.9 Å². The van der Waals surface area contributed by atoms with Gasteiger partial charge in [0.05, 0.1) is 21.7 Å². The molecule has 0 aliphatic heterocycles. The summed E-state index contributed by atoms with van der Waals surface area (Å²) < 4.78 is 3.10. The number of thioether (sulfide) groups is 1. The summed E-state index contributed by atoms with van der Waals surface area (Å²) in [5, 5.41) is 12.1. The number of anilines is 1. The van der Waals surface area contributed by atoms with Crippen LogP contribution in [0.1, 0.15) is 0 Å². The number of hydrogen-bond donors (Lipinski definition) is 1. The minimum atomic E-state index is -0.175. The lowest BCUT2D eigenvalue weighted by atomic mass is 10.3. The predicted molar refractivity (Wildman–Crippen MR) is 97.0 cm³/mol. The molecule has 1 amide bonds. The van der Waals surface area contributed by atoms with E-state index in [1.807, 2.05) is 28.7 Å². The number of benzene rings is 1. The summed E-state index contributed by atoms with van der Waals surface area (Å²) >= 11 is 8.84. The average molecular weight is 376 g/mol. The molecule has 0 aliphatic carbocycles. The number of aromatic nitrogens is 4. The molecule has 0 spiro atoms. The van der Waals surface area contributed by atoms with Crippen LogP contribution in [-0.2, 0) is 4.79 Å². The number of pyridine rings is 1. The van der Waals surface area contributed by atoms with Gasteiger partial charge in [-0.3, -0.25) is 9.20 Å². The van der Waals surface area contributed by atoms with Crippen molar-refractivity contribution in [1.82, 2.24) is 19.6 Å². The number of amides is 1. The number of hydrogen-bond acceptors (Lipinski definition) is 6. The molecular weight excluding hydrogens is 366 g/mol. The summed E-state index contributed by atoms with van der Waals surface area (Å²) in [5.74, 6) is 0.0297. The highest BCUT2D eigenvalue weighted by atomic mass is 35.5. The monoisotopic (exact) mass is 375 g/mol. The Hall–Kier alpha value is -2.16. The Bertz CT molecular complexity index is 1040. The van der Waals surface area contributed by atoms with Crippen LogP contribution in [0.25, 0.3) is 15.2 Å².